The Morgan fingerprint density at radius 1 is 1.36 bits per heavy atom. The third kappa shape index (κ3) is 5.19. The molecule has 2 aromatic carbocycles. The van der Waals surface area contributed by atoms with Crippen LogP contribution < -0.4 is 11.1 Å². The van der Waals surface area contributed by atoms with Crippen LogP contribution >= 0.6 is 11.6 Å². The Bertz CT molecular complexity index is 1120. The van der Waals surface area contributed by atoms with Crippen molar-refractivity contribution in [3.05, 3.63) is 76.0 Å². The zero-order chi connectivity index (χ0) is 24.1. The summed E-state index contributed by atoms with van der Waals surface area (Å²) in [5.74, 6) is -0.489. The van der Waals surface area contributed by atoms with E-state index in [0.717, 1.165) is 0 Å². The predicted molar refractivity (Wildman–Crippen MR) is 131 cm³/mol. The monoisotopic (exact) mass is 465 g/mol. The van der Waals surface area contributed by atoms with E-state index in [2.05, 4.69) is 16.4 Å². The van der Waals surface area contributed by atoms with Gasteiger partial charge in [0.15, 0.2) is 0 Å². The second kappa shape index (κ2) is 10.5. The SMILES string of the molecule is CN=CC(=CN)[C@@H]1[C@@H](C(O)Nc2cc(Cl)cc(C#N)c2)c2ccccc2C(=O)N1CC(C)C. The number of benzene rings is 2. The number of aliphatic imine (C=N–C) groups is 1. The molecular formula is C25H28ClN5O2. The summed E-state index contributed by atoms with van der Waals surface area (Å²) >= 11 is 6.15. The minimum Gasteiger partial charge on any atom is -0.404 e. The first kappa shape index (κ1) is 24.3. The number of fused-ring (bicyclic) bond motifs is 1. The molecule has 172 valence electrons. The van der Waals surface area contributed by atoms with Crippen molar-refractivity contribution < 1.29 is 9.90 Å². The summed E-state index contributed by atoms with van der Waals surface area (Å²) in [6.07, 6.45) is 1.93. The Balaban J connectivity index is 2.15. The van der Waals surface area contributed by atoms with Gasteiger partial charge in [-0.15, -0.1) is 0 Å². The zero-order valence-electron chi connectivity index (χ0n) is 18.9. The number of hydrogen-bond acceptors (Lipinski definition) is 6. The fraction of sp³-hybridized carbons (Fsp3) is 0.320. The minimum absolute atomic E-state index is 0.119. The average Bonchev–Trinajstić information content (AvgIpc) is 2.78. The molecule has 4 N–H and O–H groups in total. The normalized spacial score (nSPS) is 19.5. The molecule has 8 heteroatoms. The van der Waals surface area contributed by atoms with Gasteiger partial charge in [0.1, 0.15) is 6.23 Å². The number of aliphatic hydroxyl groups excluding tert-OH is 1. The number of hydrogen-bond donors (Lipinski definition) is 3. The number of nitrogens with one attached hydrogen (secondary N) is 1. The fourth-order valence-electron chi connectivity index (χ4n) is 4.31. The van der Waals surface area contributed by atoms with Crippen LogP contribution in [-0.4, -0.2) is 48.0 Å². The van der Waals surface area contributed by atoms with E-state index in [-0.39, 0.29) is 11.8 Å². The van der Waals surface area contributed by atoms with Crippen molar-refractivity contribution >= 4 is 29.4 Å². The number of nitriles is 1. The first-order valence-corrected chi connectivity index (χ1v) is 11.1. The van der Waals surface area contributed by atoms with Crippen molar-refractivity contribution in [2.45, 2.75) is 32.0 Å². The number of carbonyl (C=O) groups is 1. The molecule has 0 fully saturated rings. The molecule has 3 atom stereocenters. The summed E-state index contributed by atoms with van der Waals surface area (Å²) in [6.45, 7) is 4.54. The molecule has 1 heterocycles. The Hall–Kier alpha value is -3.34. The van der Waals surface area contributed by atoms with Crippen LogP contribution in [0.3, 0.4) is 0 Å². The van der Waals surface area contributed by atoms with E-state index >= 15 is 0 Å². The highest BCUT2D eigenvalue weighted by Gasteiger charge is 2.44. The van der Waals surface area contributed by atoms with Crippen molar-refractivity contribution in [1.82, 2.24) is 4.90 Å². The summed E-state index contributed by atoms with van der Waals surface area (Å²) in [5.41, 5.74) is 8.71. The van der Waals surface area contributed by atoms with Gasteiger partial charge in [0, 0.05) is 47.9 Å². The molecule has 2 aromatic rings. The maximum Gasteiger partial charge on any atom is 0.254 e. The van der Waals surface area contributed by atoms with Gasteiger partial charge in [0.2, 0.25) is 0 Å². The Morgan fingerprint density at radius 2 is 2.09 bits per heavy atom. The van der Waals surface area contributed by atoms with Gasteiger partial charge in [-0.2, -0.15) is 5.26 Å². The molecule has 3 rings (SSSR count). The van der Waals surface area contributed by atoms with E-state index < -0.39 is 18.2 Å². The van der Waals surface area contributed by atoms with E-state index in [1.165, 1.54) is 6.20 Å². The number of amides is 1. The molecular weight excluding hydrogens is 438 g/mol. The summed E-state index contributed by atoms with van der Waals surface area (Å²) in [5, 5.41) is 24.2. The van der Waals surface area contributed by atoms with Crippen molar-refractivity contribution in [1.29, 1.82) is 5.26 Å². The predicted octanol–water partition coefficient (Wildman–Crippen LogP) is 3.75. The number of nitrogens with two attached hydrogens (primary N) is 1. The van der Waals surface area contributed by atoms with Gasteiger partial charge in [0.25, 0.3) is 5.91 Å². The van der Waals surface area contributed by atoms with Crippen LogP contribution in [0.15, 0.2) is 59.2 Å². The molecule has 1 unspecified atom stereocenters. The van der Waals surface area contributed by atoms with Crippen molar-refractivity contribution in [3.8, 4) is 6.07 Å². The van der Waals surface area contributed by atoms with Gasteiger partial charge in [-0.25, -0.2) is 0 Å². The van der Waals surface area contributed by atoms with Crippen LogP contribution in [0.2, 0.25) is 5.02 Å². The Morgan fingerprint density at radius 3 is 2.73 bits per heavy atom. The highest BCUT2D eigenvalue weighted by molar-refractivity contribution is 6.31. The number of carbonyl (C=O) groups excluding carboxylic acids is 1. The number of anilines is 1. The number of halogens is 1. The first-order chi connectivity index (χ1) is 15.8. The molecule has 0 radical (unpaired) electrons. The number of aliphatic hydroxyl groups is 1. The second-order valence-corrected chi connectivity index (χ2v) is 8.83. The van der Waals surface area contributed by atoms with E-state index in [1.54, 1.807) is 42.4 Å². The van der Waals surface area contributed by atoms with Crippen molar-refractivity contribution in [2.75, 3.05) is 18.9 Å². The van der Waals surface area contributed by atoms with Gasteiger partial charge in [-0.3, -0.25) is 9.79 Å². The van der Waals surface area contributed by atoms with Gasteiger partial charge < -0.3 is 21.1 Å². The molecule has 0 spiro atoms. The lowest BCUT2D eigenvalue weighted by molar-refractivity contribution is 0.0521. The third-order valence-corrected chi connectivity index (χ3v) is 5.76. The van der Waals surface area contributed by atoms with Crippen LogP contribution in [0.25, 0.3) is 0 Å². The van der Waals surface area contributed by atoms with E-state index in [4.69, 9.17) is 17.3 Å². The maximum absolute atomic E-state index is 13.5. The summed E-state index contributed by atoms with van der Waals surface area (Å²) in [4.78, 5) is 19.4. The van der Waals surface area contributed by atoms with Crippen molar-refractivity contribution in [2.24, 2.45) is 16.6 Å². The van der Waals surface area contributed by atoms with Crippen LogP contribution in [0.1, 0.15) is 41.3 Å². The standard InChI is InChI=1S/C25H28ClN5O2/c1-15(2)14-31-23(17(12-28)13-29-3)22(20-6-4-5-7-21(20)25(31)33)24(32)30-19-9-16(11-27)8-18(26)10-19/h4-10,12-13,15,22-24,30,32H,14,28H2,1-3H3/t22-,23+,24?/m0/s1. The first-order valence-electron chi connectivity index (χ1n) is 10.7. The lowest BCUT2D eigenvalue weighted by atomic mass is 9.78. The van der Waals surface area contributed by atoms with Gasteiger partial charge >= 0.3 is 0 Å². The van der Waals surface area contributed by atoms with Crippen LogP contribution in [0, 0.1) is 17.2 Å². The zero-order valence-corrected chi connectivity index (χ0v) is 19.6. The van der Waals surface area contributed by atoms with Gasteiger partial charge in [-0.1, -0.05) is 43.6 Å². The summed E-state index contributed by atoms with van der Waals surface area (Å²) in [7, 11) is 1.63. The van der Waals surface area contributed by atoms with Crippen molar-refractivity contribution in [3.63, 3.8) is 0 Å². The molecule has 0 saturated carbocycles. The highest BCUT2D eigenvalue weighted by Crippen LogP contribution is 2.39. The van der Waals surface area contributed by atoms with Crippen LogP contribution in [0.4, 0.5) is 5.69 Å². The third-order valence-electron chi connectivity index (χ3n) is 5.54. The van der Waals surface area contributed by atoms with E-state index in [0.29, 0.717) is 39.5 Å². The fourth-order valence-corrected chi connectivity index (χ4v) is 4.55. The number of rotatable bonds is 7. The molecule has 0 aliphatic carbocycles. The second-order valence-electron chi connectivity index (χ2n) is 8.39. The van der Waals surface area contributed by atoms with E-state index in [9.17, 15) is 15.2 Å². The van der Waals surface area contributed by atoms with E-state index in [1.807, 2.05) is 32.0 Å². The molecule has 0 bridgehead atoms. The van der Waals surface area contributed by atoms with Gasteiger partial charge in [0.05, 0.1) is 23.6 Å². The van der Waals surface area contributed by atoms with Gasteiger partial charge in [-0.05, 0) is 35.7 Å². The molecule has 33 heavy (non-hydrogen) atoms. The topological polar surface area (TPSA) is 115 Å². The molecule has 0 saturated heterocycles. The smallest absolute Gasteiger partial charge is 0.254 e. The molecule has 1 aliphatic heterocycles. The highest BCUT2D eigenvalue weighted by atomic mass is 35.5. The summed E-state index contributed by atoms with van der Waals surface area (Å²) in [6, 6.07) is 13.6. The molecule has 1 amide bonds. The molecule has 1 aliphatic rings. The van der Waals surface area contributed by atoms with Crippen LogP contribution in [0.5, 0.6) is 0 Å². The quantitative estimate of drug-likeness (QED) is 0.425. The Labute approximate surface area is 199 Å². The molecule has 0 aromatic heterocycles. The lowest BCUT2D eigenvalue weighted by Crippen LogP contribution is -2.54. The average molecular weight is 466 g/mol. The lowest BCUT2D eigenvalue weighted by Gasteiger charge is -2.45. The van der Waals surface area contributed by atoms with Crippen LogP contribution in [-0.2, 0) is 0 Å². The Kier molecular flexibility index (Phi) is 7.75. The molecule has 7 nitrogen and oxygen atoms in total. The summed E-state index contributed by atoms with van der Waals surface area (Å²) < 4.78 is 0. The maximum atomic E-state index is 13.5. The number of nitrogens with zero attached hydrogens (tertiary/aromatic N) is 3. The largest absolute Gasteiger partial charge is 0.404 e. The minimum atomic E-state index is -1.12.